The minimum atomic E-state index is -3.53. The van der Waals surface area contributed by atoms with E-state index in [0.717, 1.165) is 12.8 Å². The molecule has 1 aromatic rings. The molecule has 2 N–H and O–H groups in total. The van der Waals surface area contributed by atoms with Crippen molar-refractivity contribution in [2.24, 2.45) is 5.92 Å². The third kappa shape index (κ3) is 4.72. The van der Waals surface area contributed by atoms with E-state index in [2.05, 4.69) is 4.72 Å². The van der Waals surface area contributed by atoms with E-state index in [0.29, 0.717) is 12.0 Å². The van der Waals surface area contributed by atoms with Crippen molar-refractivity contribution in [3.05, 3.63) is 35.4 Å². The van der Waals surface area contributed by atoms with Gasteiger partial charge in [0.15, 0.2) is 0 Å². The van der Waals surface area contributed by atoms with Crippen LogP contribution in [0.15, 0.2) is 24.3 Å². The number of rotatable bonds is 6. The fourth-order valence-electron chi connectivity index (χ4n) is 2.52. The number of hydrogen-bond acceptors (Lipinski definition) is 3. The summed E-state index contributed by atoms with van der Waals surface area (Å²) in [6.45, 7) is 0.221. The smallest absolute Gasteiger partial charge is 0.263 e. The number of sulfonamides is 1. The van der Waals surface area contributed by atoms with Crippen LogP contribution in [0.4, 0.5) is 8.78 Å². The Morgan fingerprint density at radius 1 is 1.24 bits per heavy atom. The molecule has 1 aliphatic rings. The van der Waals surface area contributed by atoms with Crippen molar-refractivity contribution in [1.29, 1.82) is 0 Å². The number of aliphatic hydroxyl groups is 1. The average molecular weight is 319 g/mol. The van der Waals surface area contributed by atoms with Crippen molar-refractivity contribution in [3.63, 3.8) is 0 Å². The summed E-state index contributed by atoms with van der Waals surface area (Å²) in [5.41, 5.74) is 0.331. The molecule has 1 aliphatic carbocycles. The lowest BCUT2D eigenvalue weighted by Gasteiger charge is -2.15. The summed E-state index contributed by atoms with van der Waals surface area (Å²) in [5, 5.41) is 9.65. The lowest BCUT2D eigenvalue weighted by molar-refractivity contribution is 0.134. The van der Waals surface area contributed by atoms with Gasteiger partial charge in [0, 0.05) is 12.1 Å². The van der Waals surface area contributed by atoms with Gasteiger partial charge in [0.05, 0.1) is 11.9 Å². The van der Waals surface area contributed by atoms with Gasteiger partial charge >= 0.3 is 0 Å². The second-order valence-corrected chi connectivity index (χ2v) is 7.22. The van der Waals surface area contributed by atoms with Crippen molar-refractivity contribution in [2.75, 3.05) is 6.54 Å². The number of nitrogens with one attached hydrogen (secondary N) is 1. The largest absolute Gasteiger partial charge is 0.393 e. The van der Waals surface area contributed by atoms with Gasteiger partial charge in [-0.05, 0) is 24.3 Å². The Morgan fingerprint density at radius 3 is 2.43 bits per heavy atom. The average Bonchev–Trinajstić information content (AvgIpc) is 2.82. The molecule has 0 spiro atoms. The molecular formula is C14H19F2NO3S. The molecule has 0 unspecified atom stereocenters. The van der Waals surface area contributed by atoms with Crippen molar-refractivity contribution >= 4 is 10.0 Å². The Labute approximate surface area is 123 Å². The summed E-state index contributed by atoms with van der Waals surface area (Å²) >= 11 is 0. The van der Waals surface area contributed by atoms with Gasteiger partial charge in [-0.15, -0.1) is 0 Å². The van der Waals surface area contributed by atoms with E-state index in [1.54, 1.807) is 0 Å². The first-order valence-corrected chi connectivity index (χ1v) is 8.55. The van der Waals surface area contributed by atoms with Gasteiger partial charge in [-0.25, -0.2) is 21.9 Å². The first-order valence-electron chi connectivity index (χ1n) is 6.90. The molecule has 2 atom stereocenters. The van der Waals surface area contributed by atoms with Gasteiger partial charge in [0.1, 0.15) is 0 Å². The normalized spacial score (nSPS) is 22.9. The van der Waals surface area contributed by atoms with Crippen LogP contribution in [0.5, 0.6) is 0 Å². The zero-order valence-corrected chi connectivity index (χ0v) is 12.3. The Hall–Kier alpha value is -1.05. The minimum Gasteiger partial charge on any atom is -0.393 e. The summed E-state index contributed by atoms with van der Waals surface area (Å²) in [5.74, 6) is -0.291. The van der Waals surface area contributed by atoms with Crippen LogP contribution in [-0.4, -0.2) is 26.2 Å². The third-order valence-corrected chi connectivity index (χ3v) is 5.09. The van der Waals surface area contributed by atoms with E-state index in [4.69, 9.17) is 0 Å². The highest BCUT2D eigenvalue weighted by Gasteiger charge is 2.26. The Morgan fingerprint density at radius 2 is 1.90 bits per heavy atom. The van der Waals surface area contributed by atoms with Crippen molar-refractivity contribution < 1.29 is 22.3 Å². The summed E-state index contributed by atoms with van der Waals surface area (Å²) in [6.07, 6.45) is -0.577. The molecule has 0 radical (unpaired) electrons. The summed E-state index contributed by atoms with van der Waals surface area (Å²) in [6, 6.07) is 5.25. The SMILES string of the molecule is O=S(=O)(Cc1ccc(C(F)F)cc1)NC[C@H]1CCC[C@@H]1O. The fraction of sp³-hybridized carbons (Fsp3) is 0.571. The lowest BCUT2D eigenvalue weighted by atomic mass is 10.1. The van der Waals surface area contributed by atoms with Crippen LogP contribution in [-0.2, 0) is 15.8 Å². The number of aliphatic hydroxyl groups excluding tert-OH is 1. The summed E-state index contributed by atoms with van der Waals surface area (Å²) in [4.78, 5) is 0. The lowest BCUT2D eigenvalue weighted by Crippen LogP contribution is -2.33. The fourth-order valence-corrected chi connectivity index (χ4v) is 3.72. The topological polar surface area (TPSA) is 66.4 Å². The first-order chi connectivity index (χ1) is 9.87. The number of alkyl halides is 2. The number of halogens is 2. The Balaban J connectivity index is 1.91. The van der Waals surface area contributed by atoms with Gasteiger partial charge in [-0.2, -0.15) is 0 Å². The molecule has 0 aliphatic heterocycles. The van der Waals surface area contributed by atoms with Crippen LogP contribution in [0.1, 0.15) is 36.8 Å². The molecular weight excluding hydrogens is 300 g/mol. The standard InChI is InChI=1S/C14H19F2NO3S/c15-14(16)11-6-4-10(5-7-11)9-21(19,20)17-8-12-2-1-3-13(12)18/h4-7,12-14,17-18H,1-3,8-9H2/t12-,13+/m1/s1. The summed E-state index contributed by atoms with van der Waals surface area (Å²) in [7, 11) is -3.53. The molecule has 2 rings (SSSR count). The highest BCUT2D eigenvalue weighted by atomic mass is 32.2. The number of hydrogen-bond donors (Lipinski definition) is 2. The monoisotopic (exact) mass is 319 g/mol. The van der Waals surface area contributed by atoms with Crippen LogP contribution in [0.2, 0.25) is 0 Å². The van der Waals surface area contributed by atoms with Crippen LogP contribution < -0.4 is 4.72 Å². The molecule has 118 valence electrons. The van der Waals surface area contributed by atoms with E-state index >= 15 is 0 Å². The second-order valence-electron chi connectivity index (χ2n) is 5.41. The van der Waals surface area contributed by atoms with Gasteiger partial charge in [-0.1, -0.05) is 30.7 Å². The van der Waals surface area contributed by atoms with Crippen LogP contribution in [0.3, 0.4) is 0 Å². The minimum absolute atomic E-state index is 0.0408. The van der Waals surface area contributed by atoms with Crippen LogP contribution in [0.25, 0.3) is 0 Å². The van der Waals surface area contributed by atoms with Crippen molar-refractivity contribution in [2.45, 2.75) is 37.5 Å². The molecule has 0 amide bonds. The van der Waals surface area contributed by atoms with Gasteiger partial charge in [-0.3, -0.25) is 0 Å². The summed E-state index contributed by atoms with van der Waals surface area (Å²) < 4.78 is 51.2. The zero-order valence-electron chi connectivity index (χ0n) is 11.5. The maximum atomic E-state index is 12.4. The Kier molecular flexibility index (Phi) is 5.29. The highest BCUT2D eigenvalue weighted by Crippen LogP contribution is 2.25. The molecule has 1 saturated carbocycles. The second kappa shape index (κ2) is 6.81. The van der Waals surface area contributed by atoms with E-state index in [9.17, 15) is 22.3 Å². The van der Waals surface area contributed by atoms with Gasteiger partial charge < -0.3 is 5.11 Å². The Bertz CT molecular complexity index is 560. The molecule has 1 fully saturated rings. The third-order valence-electron chi connectivity index (χ3n) is 3.77. The molecule has 1 aromatic carbocycles. The molecule has 0 bridgehead atoms. The van der Waals surface area contributed by atoms with Crippen molar-refractivity contribution in [1.82, 2.24) is 4.72 Å². The van der Waals surface area contributed by atoms with Crippen LogP contribution in [0, 0.1) is 5.92 Å². The maximum absolute atomic E-state index is 12.4. The van der Waals surface area contributed by atoms with E-state index in [-0.39, 0.29) is 23.8 Å². The molecule has 0 heterocycles. The molecule has 0 aromatic heterocycles. The predicted octanol–water partition coefficient (Wildman–Crippen LogP) is 2.20. The number of benzene rings is 1. The van der Waals surface area contributed by atoms with Crippen molar-refractivity contribution in [3.8, 4) is 0 Å². The highest BCUT2D eigenvalue weighted by molar-refractivity contribution is 7.88. The van der Waals surface area contributed by atoms with E-state index < -0.39 is 22.6 Å². The van der Waals surface area contributed by atoms with E-state index in [1.807, 2.05) is 0 Å². The maximum Gasteiger partial charge on any atom is 0.263 e. The zero-order chi connectivity index (χ0) is 15.5. The predicted molar refractivity (Wildman–Crippen MR) is 75.4 cm³/mol. The quantitative estimate of drug-likeness (QED) is 0.845. The van der Waals surface area contributed by atoms with Gasteiger partial charge in [0.2, 0.25) is 10.0 Å². The molecule has 7 heteroatoms. The molecule has 4 nitrogen and oxygen atoms in total. The van der Waals surface area contributed by atoms with E-state index in [1.165, 1.54) is 24.3 Å². The van der Waals surface area contributed by atoms with Crippen LogP contribution >= 0.6 is 0 Å². The molecule has 0 saturated heterocycles. The van der Waals surface area contributed by atoms with Gasteiger partial charge in [0.25, 0.3) is 6.43 Å². The first kappa shape index (κ1) is 16.3. The molecule has 21 heavy (non-hydrogen) atoms.